The summed E-state index contributed by atoms with van der Waals surface area (Å²) < 4.78 is 10.9. The van der Waals surface area contributed by atoms with E-state index < -0.39 is 0 Å². The van der Waals surface area contributed by atoms with Crippen molar-refractivity contribution in [2.75, 3.05) is 40.0 Å². The van der Waals surface area contributed by atoms with Crippen LogP contribution < -0.4 is 10.5 Å². The molecule has 0 aliphatic rings. The molecule has 6 heteroatoms. The second-order valence-corrected chi connectivity index (χ2v) is 6.07. The zero-order valence-corrected chi connectivity index (χ0v) is 15.3. The summed E-state index contributed by atoms with van der Waals surface area (Å²) in [5.74, 6) is 0.526. The smallest absolute Gasteiger partial charge is 0.257 e. The number of rotatable bonds is 9. The van der Waals surface area contributed by atoms with Crippen molar-refractivity contribution in [3.05, 3.63) is 29.8 Å². The lowest BCUT2D eigenvalue weighted by Gasteiger charge is -2.29. The molecule has 2 N–H and O–H groups in total. The highest BCUT2D eigenvalue weighted by Gasteiger charge is 2.23. The lowest BCUT2D eigenvalue weighted by molar-refractivity contribution is 0.0730. The van der Waals surface area contributed by atoms with Gasteiger partial charge < -0.3 is 20.1 Å². The van der Waals surface area contributed by atoms with Crippen molar-refractivity contribution >= 4 is 18.3 Å². The van der Waals surface area contributed by atoms with Crippen molar-refractivity contribution in [2.24, 2.45) is 11.1 Å². The summed E-state index contributed by atoms with van der Waals surface area (Å²) in [6.45, 7) is 8.73. The standard InChI is InChI=1S/C17H28N2O3.ClH/c1-5-21-10-11-22-15-9-7-6-8-14(15)16(20)19(4)13-17(2,3)12-18;/h6-9H,5,10-13,18H2,1-4H3;1H. The first-order valence-corrected chi connectivity index (χ1v) is 7.66. The molecule has 5 nitrogen and oxygen atoms in total. The van der Waals surface area contributed by atoms with Gasteiger partial charge >= 0.3 is 0 Å². The Morgan fingerprint density at radius 2 is 1.91 bits per heavy atom. The van der Waals surface area contributed by atoms with Crippen LogP contribution in [0.25, 0.3) is 0 Å². The Hall–Kier alpha value is -1.30. The van der Waals surface area contributed by atoms with E-state index in [0.29, 0.717) is 44.2 Å². The molecule has 0 radical (unpaired) electrons. The molecule has 0 aliphatic heterocycles. The van der Waals surface area contributed by atoms with Gasteiger partial charge in [-0.3, -0.25) is 4.79 Å². The highest BCUT2D eigenvalue weighted by Crippen LogP contribution is 2.21. The van der Waals surface area contributed by atoms with E-state index >= 15 is 0 Å². The first-order chi connectivity index (χ1) is 10.4. The molecule has 0 spiro atoms. The van der Waals surface area contributed by atoms with E-state index in [0.717, 1.165) is 0 Å². The van der Waals surface area contributed by atoms with E-state index in [1.807, 2.05) is 32.9 Å². The zero-order valence-electron chi connectivity index (χ0n) is 14.5. The first-order valence-electron chi connectivity index (χ1n) is 7.66. The van der Waals surface area contributed by atoms with Gasteiger partial charge in [0.05, 0.1) is 12.2 Å². The molecule has 0 heterocycles. The van der Waals surface area contributed by atoms with E-state index in [2.05, 4.69) is 0 Å². The average Bonchev–Trinajstić information content (AvgIpc) is 2.51. The third-order valence-electron chi connectivity index (χ3n) is 3.37. The number of halogens is 1. The Morgan fingerprint density at radius 1 is 1.26 bits per heavy atom. The van der Waals surface area contributed by atoms with E-state index in [-0.39, 0.29) is 23.7 Å². The van der Waals surface area contributed by atoms with E-state index in [1.165, 1.54) is 0 Å². The lowest BCUT2D eigenvalue weighted by Crippen LogP contribution is -2.39. The summed E-state index contributed by atoms with van der Waals surface area (Å²) in [6.07, 6.45) is 0. The molecule has 0 unspecified atom stereocenters. The molecular formula is C17H29ClN2O3. The van der Waals surface area contributed by atoms with E-state index in [4.69, 9.17) is 15.2 Å². The van der Waals surface area contributed by atoms with Gasteiger partial charge in [0.25, 0.3) is 5.91 Å². The molecule has 1 aromatic rings. The number of ether oxygens (including phenoxy) is 2. The topological polar surface area (TPSA) is 64.8 Å². The van der Waals surface area contributed by atoms with Gasteiger partial charge in [0, 0.05) is 20.2 Å². The molecule has 132 valence electrons. The molecule has 0 saturated carbocycles. The molecule has 1 rings (SSSR count). The van der Waals surface area contributed by atoms with Crippen LogP contribution in [0.1, 0.15) is 31.1 Å². The predicted octanol–water partition coefficient (Wildman–Crippen LogP) is 2.58. The van der Waals surface area contributed by atoms with Crippen LogP contribution in [-0.4, -0.2) is 50.8 Å². The fourth-order valence-electron chi connectivity index (χ4n) is 2.11. The quantitative estimate of drug-likeness (QED) is 0.699. The van der Waals surface area contributed by atoms with Crippen LogP contribution in [0.5, 0.6) is 5.75 Å². The first kappa shape index (κ1) is 21.7. The molecule has 0 bridgehead atoms. The summed E-state index contributed by atoms with van der Waals surface area (Å²) >= 11 is 0. The van der Waals surface area contributed by atoms with Crippen LogP contribution in [0.4, 0.5) is 0 Å². The second kappa shape index (κ2) is 10.5. The molecule has 1 aromatic carbocycles. The Kier molecular flexibility index (Phi) is 9.88. The van der Waals surface area contributed by atoms with Gasteiger partial charge in [0.2, 0.25) is 0 Å². The SMILES string of the molecule is CCOCCOc1ccccc1C(=O)N(C)CC(C)(C)CN.Cl. The summed E-state index contributed by atoms with van der Waals surface area (Å²) in [5.41, 5.74) is 6.19. The predicted molar refractivity (Wildman–Crippen MR) is 95.5 cm³/mol. The molecule has 0 aromatic heterocycles. The minimum Gasteiger partial charge on any atom is -0.490 e. The van der Waals surface area contributed by atoms with Crippen LogP contribution >= 0.6 is 12.4 Å². The van der Waals surface area contributed by atoms with E-state index in [9.17, 15) is 4.79 Å². The number of para-hydroxylation sites is 1. The highest BCUT2D eigenvalue weighted by atomic mass is 35.5. The summed E-state index contributed by atoms with van der Waals surface area (Å²) in [4.78, 5) is 14.3. The second-order valence-electron chi connectivity index (χ2n) is 6.07. The Morgan fingerprint density at radius 3 is 2.52 bits per heavy atom. The van der Waals surface area contributed by atoms with Gasteiger partial charge in [0.1, 0.15) is 12.4 Å². The molecule has 0 aliphatic carbocycles. The summed E-state index contributed by atoms with van der Waals surface area (Å²) in [5, 5.41) is 0. The number of carbonyl (C=O) groups excluding carboxylic acids is 1. The number of nitrogens with two attached hydrogens (primary N) is 1. The molecular weight excluding hydrogens is 316 g/mol. The molecule has 0 fully saturated rings. The maximum atomic E-state index is 12.6. The maximum Gasteiger partial charge on any atom is 0.257 e. The van der Waals surface area contributed by atoms with Crippen molar-refractivity contribution in [3.63, 3.8) is 0 Å². The fraction of sp³-hybridized carbons (Fsp3) is 0.588. The number of hydrogen-bond donors (Lipinski definition) is 1. The van der Waals surface area contributed by atoms with Crippen LogP contribution in [0, 0.1) is 5.41 Å². The van der Waals surface area contributed by atoms with Crippen molar-refractivity contribution < 1.29 is 14.3 Å². The Bertz CT molecular complexity index is 481. The minimum absolute atomic E-state index is 0. The third-order valence-corrected chi connectivity index (χ3v) is 3.37. The zero-order chi connectivity index (χ0) is 16.6. The third kappa shape index (κ3) is 7.20. The van der Waals surface area contributed by atoms with Crippen molar-refractivity contribution in [1.29, 1.82) is 0 Å². The average molecular weight is 345 g/mol. The van der Waals surface area contributed by atoms with Crippen LogP contribution in [-0.2, 0) is 4.74 Å². The van der Waals surface area contributed by atoms with Gasteiger partial charge in [-0.05, 0) is 31.0 Å². The Labute approximate surface area is 145 Å². The van der Waals surface area contributed by atoms with Crippen LogP contribution in [0.2, 0.25) is 0 Å². The lowest BCUT2D eigenvalue weighted by atomic mass is 9.93. The van der Waals surface area contributed by atoms with Crippen molar-refractivity contribution in [1.82, 2.24) is 4.90 Å². The number of nitrogens with zero attached hydrogens (tertiary/aromatic N) is 1. The number of benzene rings is 1. The van der Waals surface area contributed by atoms with Gasteiger partial charge in [-0.2, -0.15) is 0 Å². The maximum absolute atomic E-state index is 12.6. The van der Waals surface area contributed by atoms with Crippen molar-refractivity contribution in [3.8, 4) is 5.75 Å². The fourth-order valence-corrected chi connectivity index (χ4v) is 2.11. The highest BCUT2D eigenvalue weighted by molar-refractivity contribution is 5.96. The summed E-state index contributed by atoms with van der Waals surface area (Å²) in [7, 11) is 1.79. The minimum atomic E-state index is -0.116. The molecule has 23 heavy (non-hydrogen) atoms. The molecule has 1 amide bonds. The number of carbonyl (C=O) groups is 1. The molecule has 0 atom stereocenters. The van der Waals surface area contributed by atoms with Crippen LogP contribution in [0.3, 0.4) is 0 Å². The van der Waals surface area contributed by atoms with Gasteiger partial charge in [0.15, 0.2) is 0 Å². The van der Waals surface area contributed by atoms with E-state index in [1.54, 1.807) is 24.1 Å². The number of amides is 1. The van der Waals surface area contributed by atoms with Gasteiger partial charge in [-0.1, -0.05) is 26.0 Å². The van der Waals surface area contributed by atoms with Gasteiger partial charge in [-0.25, -0.2) is 0 Å². The largest absolute Gasteiger partial charge is 0.490 e. The monoisotopic (exact) mass is 344 g/mol. The normalized spacial score (nSPS) is 10.8. The van der Waals surface area contributed by atoms with Gasteiger partial charge in [-0.15, -0.1) is 12.4 Å². The Balaban J connectivity index is 0.00000484. The number of hydrogen-bond acceptors (Lipinski definition) is 4. The van der Waals surface area contributed by atoms with Crippen LogP contribution in [0.15, 0.2) is 24.3 Å². The summed E-state index contributed by atoms with van der Waals surface area (Å²) in [6, 6.07) is 7.28. The van der Waals surface area contributed by atoms with Crippen molar-refractivity contribution in [2.45, 2.75) is 20.8 Å². The molecule has 0 saturated heterocycles.